The van der Waals surface area contributed by atoms with Crippen molar-refractivity contribution in [2.24, 2.45) is 0 Å². The Bertz CT molecular complexity index is 969. The van der Waals surface area contributed by atoms with E-state index in [9.17, 15) is 10.1 Å². The molecule has 8 nitrogen and oxygen atoms in total. The van der Waals surface area contributed by atoms with E-state index in [1.54, 1.807) is 30.6 Å². The molecule has 0 saturated carbocycles. The van der Waals surface area contributed by atoms with Crippen molar-refractivity contribution in [3.63, 3.8) is 0 Å². The summed E-state index contributed by atoms with van der Waals surface area (Å²) in [4.78, 5) is 28.5. The lowest BCUT2D eigenvalue weighted by molar-refractivity contribution is -0.382. The summed E-state index contributed by atoms with van der Waals surface area (Å²) in [5.74, 6) is 1.64. The molecule has 0 N–H and O–H groups in total. The van der Waals surface area contributed by atoms with E-state index in [2.05, 4.69) is 24.8 Å². The Hall–Kier alpha value is -3.29. The van der Waals surface area contributed by atoms with Gasteiger partial charge in [0.2, 0.25) is 0 Å². The molecule has 0 bridgehead atoms. The van der Waals surface area contributed by atoms with E-state index < -0.39 is 0 Å². The van der Waals surface area contributed by atoms with Crippen LogP contribution >= 0.6 is 0 Å². The number of piperazine rings is 1. The molecule has 1 aromatic carbocycles. The number of benzene rings is 1. The number of hydrogen-bond acceptors (Lipinski definition) is 7. The summed E-state index contributed by atoms with van der Waals surface area (Å²) >= 11 is 0. The molecule has 1 fully saturated rings. The monoisotopic (exact) mass is 350 g/mol. The van der Waals surface area contributed by atoms with Crippen LogP contribution in [0.25, 0.3) is 10.9 Å². The summed E-state index contributed by atoms with van der Waals surface area (Å²) in [5, 5.41) is 12.3. The SMILES string of the molecule is Cc1nccc(N2CCN(c3ccc4ncccc4c3[N+](=O)[O-])CC2)n1. The third-order valence-corrected chi connectivity index (χ3v) is 4.62. The highest BCUT2D eigenvalue weighted by Crippen LogP contribution is 2.35. The first-order valence-corrected chi connectivity index (χ1v) is 8.45. The maximum Gasteiger partial charge on any atom is 0.301 e. The molecule has 132 valence electrons. The zero-order valence-electron chi connectivity index (χ0n) is 14.4. The van der Waals surface area contributed by atoms with Crippen molar-refractivity contribution in [1.82, 2.24) is 15.0 Å². The molecule has 0 radical (unpaired) electrons. The molecule has 8 heteroatoms. The maximum atomic E-state index is 11.7. The predicted molar refractivity (Wildman–Crippen MR) is 99.6 cm³/mol. The standard InChI is InChI=1S/C18H18N6O2/c1-13-19-8-6-17(21-13)23-11-9-22(10-12-23)16-5-4-15-14(3-2-7-20-15)18(16)24(25)26/h2-8H,9-12H2,1H3. The second kappa shape index (κ2) is 6.55. The van der Waals surface area contributed by atoms with Gasteiger partial charge in [0.15, 0.2) is 0 Å². The Labute approximate surface area is 150 Å². The number of nitrogens with zero attached hydrogens (tertiary/aromatic N) is 6. The molecule has 0 amide bonds. The molecule has 0 aliphatic carbocycles. The van der Waals surface area contributed by atoms with Gasteiger partial charge in [-0.25, -0.2) is 9.97 Å². The molecule has 2 aromatic heterocycles. The second-order valence-corrected chi connectivity index (χ2v) is 6.20. The lowest BCUT2D eigenvalue weighted by Crippen LogP contribution is -2.47. The van der Waals surface area contributed by atoms with Crippen molar-refractivity contribution in [3.8, 4) is 0 Å². The van der Waals surface area contributed by atoms with Gasteiger partial charge in [0.05, 0.1) is 15.8 Å². The number of aryl methyl sites for hydroxylation is 1. The van der Waals surface area contributed by atoms with E-state index in [0.717, 1.165) is 24.7 Å². The Kier molecular flexibility index (Phi) is 4.08. The van der Waals surface area contributed by atoms with Gasteiger partial charge in [0.25, 0.3) is 0 Å². The molecule has 4 rings (SSSR count). The minimum absolute atomic E-state index is 0.127. The van der Waals surface area contributed by atoms with Gasteiger partial charge in [-0.15, -0.1) is 0 Å². The number of pyridine rings is 1. The van der Waals surface area contributed by atoms with E-state index in [-0.39, 0.29) is 10.6 Å². The molecule has 0 atom stereocenters. The number of aromatic nitrogens is 3. The van der Waals surface area contributed by atoms with Crippen molar-refractivity contribution in [2.45, 2.75) is 6.92 Å². The Balaban J connectivity index is 1.62. The average Bonchev–Trinajstić information content (AvgIpc) is 2.67. The number of rotatable bonds is 3. The highest BCUT2D eigenvalue weighted by molar-refractivity contribution is 5.94. The van der Waals surface area contributed by atoms with Crippen LogP contribution in [-0.4, -0.2) is 46.1 Å². The summed E-state index contributed by atoms with van der Waals surface area (Å²) in [6, 6.07) is 9.03. The van der Waals surface area contributed by atoms with E-state index in [4.69, 9.17) is 0 Å². The first kappa shape index (κ1) is 16.2. The topological polar surface area (TPSA) is 88.3 Å². The molecule has 26 heavy (non-hydrogen) atoms. The highest BCUT2D eigenvalue weighted by Gasteiger charge is 2.26. The smallest absolute Gasteiger partial charge is 0.301 e. The fraction of sp³-hybridized carbons (Fsp3) is 0.278. The van der Waals surface area contributed by atoms with Crippen LogP contribution in [0, 0.1) is 17.0 Å². The lowest BCUT2D eigenvalue weighted by atomic mass is 10.1. The Morgan fingerprint density at radius 2 is 1.77 bits per heavy atom. The quantitative estimate of drug-likeness (QED) is 0.530. The second-order valence-electron chi connectivity index (χ2n) is 6.20. The molecule has 3 heterocycles. The van der Waals surface area contributed by atoms with Gasteiger partial charge in [-0.2, -0.15) is 0 Å². The van der Waals surface area contributed by atoms with Crippen LogP contribution in [0.15, 0.2) is 42.7 Å². The average molecular weight is 350 g/mol. The predicted octanol–water partition coefficient (Wildman–Crippen LogP) is 2.57. The normalized spacial score (nSPS) is 14.7. The molecule has 1 aliphatic heterocycles. The maximum absolute atomic E-state index is 11.7. The summed E-state index contributed by atoms with van der Waals surface area (Å²) in [6.07, 6.45) is 3.40. The lowest BCUT2D eigenvalue weighted by Gasteiger charge is -2.36. The zero-order valence-corrected chi connectivity index (χ0v) is 14.4. The fourth-order valence-electron chi connectivity index (χ4n) is 3.37. The van der Waals surface area contributed by atoms with Crippen molar-refractivity contribution in [2.75, 3.05) is 36.0 Å². The fourth-order valence-corrected chi connectivity index (χ4v) is 3.37. The summed E-state index contributed by atoms with van der Waals surface area (Å²) in [5.41, 5.74) is 1.41. The van der Waals surface area contributed by atoms with Gasteiger partial charge in [0, 0.05) is 38.6 Å². The minimum Gasteiger partial charge on any atom is -0.362 e. The van der Waals surface area contributed by atoms with E-state index in [0.29, 0.717) is 29.7 Å². The third kappa shape index (κ3) is 2.90. The molecule has 0 spiro atoms. The molecular formula is C18H18N6O2. The number of nitro groups is 1. The molecule has 3 aromatic rings. The van der Waals surface area contributed by atoms with Gasteiger partial charge in [0.1, 0.15) is 17.3 Å². The first-order valence-electron chi connectivity index (χ1n) is 8.45. The van der Waals surface area contributed by atoms with Crippen LogP contribution in [0.4, 0.5) is 17.2 Å². The third-order valence-electron chi connectivity index (χ3n) is 4.62. The summed E-state index contributed by atoms with van der Waals surface area (Å²) in [7, 11) is 0. The van der Waals surface area contributed by atoms with Crippen molar-refractivity contribution in [1.29, 1.82) is 0 Å². The number of nitro benzene ring substituents is 1. The van der Waals surface area contributed by atoms with Gasteiger partial charge < -0.3 is 9.80 Å². The van der Waals surface area contributed by atoms with Crippen LogP contribution in [0.5, 0.6) is 0 Å². The van der Waals surface area contributed by atoms with Crippen LogP contribution < -0.4 is 9.80 Å². The number of anilines is 2. The Morgan fingerprint density at radius 3 is 2.50 bits per heavy atom. The van der Waals surface area contributed by atoms with Crippen LogP contribution in [-0.2, 0) is 0 Å². The van der Waals surface area contributed by atoms with E-state index in [1.165, 1.54) is 0 Å². The minimum atomic E-state index is -0.306. The van der Waals surface area contributed by atoms with E-state index >= 15 is 0 Å². The van der Waals surface area contributed by atoms with E-state index in [1.807, 2.05) is 19.1 Å². The first-order chi connectivity index (χ1) is 12.6. The van der Waals surface area contributed by atoms with Crippen LogP contribution in [0.1, 0.15) is 5.82 Å². The molecule has 0 unspecified atom stereocenters. The van der Waals surface area contributed by atoms with Crippen molar-refractivity contribution in [3.05, 3.63) is 58.7 Å². The molecular weight excluding hydrogens is 332 g/mol. The summed E-state index contributed by atoms with van der Waals surface area (Å²) in [6.45, 7) is 4.74. The Morgan fingerprint density at radius 1 is 1.00 bits per heavy atom. The largest absolute Gasteiger partial charge is 0.362 e. The van der Waals surface area contributed by atoms with Crippen LogP contribution in [0.2, 0.25) is 0 Å². The zero-order chi connectivity index (χ0) is 18.1. The summed E-state index contributed by atoms with van der Waals surface area (Å²) < 4.78 is 0. The van der Waals surface area contributed by atoms with Crippen LogP contribution in [0.3, 0.4) is 0 Å². The van der Waals surface area contributed by atoms with Crippen molar-refractivity contribution >= 4 is 28.1 Å². The van der Waals surface area contributed by atoms with Gasteiger partial charge >= 0.3 is 5.69 Å². The van der Waals surface area contributed by atoms with Gasteiger partial charge in [-0.05, 0) is 37.3 Å². The molecule has 1 aliphatic rings. The van der Waals surface area contributed by atoms with Gasteiger partial charge in [-0.3, -0.25) is 15.1 Å². The highest BCUT2D eigenvalue weighted by atomic mass is 16.6. The number of hydrogen-bond donors (Lipinski definition) is 0. The molecule has 1 saturated heterocycles. The van der Waals surface area contributed by atoms with Crippen molar-refractivity contribution < 1.29 is 4.92 Å². The van der Waals surface area contributed by atoms with Gasteiger partial charge in [-0.1, -0.05) is 0 Å². The number of fused-ring (bicyclic) bond motifs is 1.